The molecule has 2 amide bonds. The lowest BCUT2D eigenvalue weighted by molar-refractivity contribution is -0.144. The maximum absolute atomic E-state index is 14.0. The van der Waals surface area contributed by atoms with Crippen LogP contribution in [0.3, 0.4) is 0 Å². The molecular weight excluding hydrogens is 1230 g/mol. The highest BCUT2D eigenvalue weighted by Crippen LogP contribution is 2.50. The fourth-order valence-electron chi connectivity index (χ4n) is 9.72. The molecule has 4 heterocycles. The highest BCUT2D eigenvalue weighted by atomic mass is 19.4. The summed E-state index contributed by atoms with van der Waals surface area (Å²) in [6.45, 7) is 5.11. The van der Waals surface area contributed by atoms with Gasteiger partial charge in [-0.1, -0.05) is 19.1 Å². The topological polar surface area (TPSA) is 190 Å². The summed E-state index contributed by atoms with van der Waals surface area (Å²) in [6.07, 6.45) is -32.5. The molecular formula is C52H48F18N12O6. The molecule has 478 valence electrons. The van der Waals surface area contributed by atoms with Crippen molar-refractivity contribution < 1.29 is 108 Å². The predicted octanol–water partition coefficient (Wildman–Crippen LogP) is 13.3. The summed E-state index contributed by atoms with van der Waals surface area (Å²) in [5.74, 6) is -1.60. The number of nitrogens with one attached hydrogen (secondary N) is 1. The summed E-state index contributed by atoms with van der Waals surface area (Å²) in [4.78, 5) is 42.8. The van der Waals surface area contributed by atoms with E-state index in [1.807, 2.05) is 0 Å². The second-order valence-corrected chi connectivity index (χ2v) is 19.3. The summed E-state index contributed by atoms with van der Waals surface area (Å²) in [5, 5.41) is 24.6. The van der Waals surface area contributed by atoms with E-state index in [0.717, 1.165) is 43.6 Å². The Morgan fingerprint density at radius 2 is 0.909 bits per heavy atom. The maximum atomic E-state index is 14.0. The number of aryl methyl sites for hydroxylation is 1. The van der Waals surface area contributed by atoms with Gasteiger partial charge in [0.1, 0.15) is 12.1 Å². The van der Waals surface area contributed by atoms with Crippen molar-refractivity contribution in [1.82, 2.24) is 40.8 Å². The molecule has 2 aliphatic rings. The maximum Gasteiger partial charge on any atom is 0.416 e. The van der Waals surface area contributed by atoms with Crippen LogP contribution in [0.1, 0.15) is 115 Å². The quantitative estimate of drug-likeness (QED) is 0.0653. The number of benzene rings is 4. The number of ether oxygens (including phenoxy) is 3. The molecule has 1 N–H and O–H groups in total. The molecule has 6 aromatic rings. The number of alkyl halides is 18. The summed E-state index contributed by atoms with van der Waals surface area (Å²) < 4.78 is 264. The number of halogens is 18. The zero-order chi connectivity index (χ0) is 65.2. The van der Waals surface area contributed by atoms with E-state index in [-0.39, 0.29) is 80.4 Å². The largest absolute Gasteiger partial charge is 0.469 e. The molecule has 4 atom stereocenters. The highest BCUT2D eigenvalue weighted by Gasteiger charge is 2.47. The van der Waals surface area contributed by atoms with E-state index in [4.69, 9.17) is 9.47 Å². The van der Waals surface area contributed by atoms with Gasteiger partial charge in [0.15, 0.2) is 0 Å². The number of tetrazole rings is 2. The molecule has 18 nitrogen and oxygen atoms in total. The molecule has 0 spiro atoms. The number of rotatable bonds is 13. The number of esters is 1. The molecule has 36 heteroatoms. The minimum Gasteiger partial charge on any atom is -0.469 e. The third kappa shape index (κ3) is 14.8. The number of nitrogens with zero attached hydrogens (tertiary/aromatic N) is 11. The van der Waals surface area contributed by atoms with Crippen molar-refractivity contribution in [2.45, 2.75) is 115 Å². The van der Waals surface area contributed by atoms with Crippen LogP contribution in [0, 0.1) is 0 Å². The zero-order valence-electron chi connectivity index (χ0n) is 46.1. The summed E-state index contributed by atoms with van der Waals surface area (Å²) in [5.41, 5.74) is -11.3. The van der Waals surface area contributed by atoms with Crippen molar-refractivity contribution in [1.29, 1.82) is 0 Å². The number of hydrogen-bond acceptors (Lipinski definition) is 14. The number of carbonyl (C=O) groups excluding carboxylic acids is 3. The van der Waals surface area contributed by atoms with Crippen LogP contribution in [0.15, 0.2) is 72.8 Å². The Bertz CT molecular complexity index is 3380. The fourth-order valence-corrected chi connectivity index (χ4v) is 9.72. The minimum absolute atomic E-state index is 0.0681. The monoisotopic (exact) mass is 1280 g/mol. The first-order chi connectivity index (χ1) is 40.9. The Hall–Kier alpha value is -8.63. The number of aromatic nitrogens is 8. The third-order valence-electron chi connectivity index (χ3n) is 13.7. The molecule has 0 saturated heterocycles. The highest BCUT2D eigenvalue weighted by molar-refractivity contribution is 5.96. The van der Waals surface area contributed by atoms with Gasteiger partial charge in [-0.3, -0.25) is 14.6 Å². The third-order valence-corrected chi connectivity index (χ3v) is 13.7. The number of amides is 2. The number of hydrogen-bond donors (Lipinski definition) is 1. The summed E-state index contributed by atoms with van der Waals surface area (Å²) in [6, 6.07) is 1.00. The molecule has 88 heavy (non-hydrogen) atoms. The van der Waals surface area contributed by atoms with Crippen LogP contribution < -0.4 is 19.6 Å². The van der Waals surface area contributed by atoms with Crippen LogP contribution in [0.25, 0.3) is 0 Å². The first kappa shape index (κ1) is 66.9. The minimum atomic E-state index is -5.26. The zero-order valence-corrected chi connectivity index (χ0v) is 46.1. The summed E-state index contributed by atoms with van der Waals surface area (Å²) in [7, 11) is 1.11. The van der Waals surface area contributed by atoms with Gasteiger partial charge < -0.3 is 24.0 Å². The van der Waals surface area contributed by atoms with E-state index in [1.165, 1.54) is 13.8 Å². The van der Waals surface area contributed by atoms with Crippen LogP contribution in [-0.4, -0.2) is 104 Å². The first-order valence-corrected chi connectivity index (χ1v) is 26.0. The van der Waals surface area contributed by atoms with Crippen LogP contribution >= 0.6 is 0 Å². The lowest BCUT2D eigenvalue weighted by Crippen LogP contribution is -2.53. The van der Waals surface area contributed by atoms with Gasteiger partial charge in [-0.15, -0.1) is 20.4 Å². The van der Waals surface area contributed by atoms with Crippen molar-refractivity contribution in [3.8, 4) is 0 Å². The number of anilines is 4. The van der Waals surface area contributed by atoms with Crippen molar-refractivity contribution in [2.75, 3.05) is 53.0 Å². The van der Waals surface area contributed by atoms with E-state index >= 15 is 0 Å². The number of aromatic amines is 1. The molecule has 4 unspecified atom stereocenters. The van der Waals surface area contributed by atoms with Crippen molar-refractivity contribution in [3.05, 3.63) is 129 Å². The number of fused-ring (bicyclic) bond motifs is 2. The van der Waals surface area contributed by atoms with Crippen molar-refractivity contribution >= 4 is 40.9 Å². The van der Waals surface area contributed by atoms with Crippen LogP contribution in [0.2, 0.25) is 0 Å². The van der Waals surface area contributed by atoms with Gasteiger partial charge >= 0.3 is 55.2 Å². The van der Waals surface area contributed by atoms with Gasteiger partial charge in [-0.2, -0.15) is 89.0 Å². The van der Waals surface area contributed by atoms with Gasteiger partial charge in [0, 0.05) is 13.1 Å². The molecule has 0 bridgehead atoms. The molecule has 0 saturated carbocycles. The van der Waals surface area contributed by atoms with E-state index in [9.17, 15) is 93.4 Å². The van der Waals surface area contributed by atoms with Crippen LogP contribution in [-0.2, 0) is 62.6 Å². The van der Waals surface area contributed by atoms with Gasteiger partial charge in [0.05, 0.1) is 102 Å². The Morgan fingerprint density at radius 1 is 0.523 bits per heavy atom. The molecule has 8 rings (SSSR count). The average Bonchev–Trinajstić information content (AvgIpc) is 1.03. The Balaban J connectivity index is 0.000000253. The van der Waals surface area contributed by atoms with Crippen molar-refractivity contribution in [2.24, 2.45) is 0 Å². The molecule has 0 radical (unpaired) electrons. The van der Waals surface area contributed by atoms with Gasteiger partial charge in [0.25, 0.3) is 0 Å². The molecule has 0 aliphatic carbocycles. The molecule has 2 aliphatic heterocycles. The fraction of sp³-hybridized carbons (Fsp3) is 0.442. The second-order valence-electron chi connectivity index (χ2n) is 19.3. The number of carbonyl (C=O) groups is 3. The number of methoxy groups -OCH3 is 1. The standard InChI is InChI=1S/C28H27F9N6O4.C24H21F9N6O2/c1-4-19-14-41(21-13-16(26(29,30)31)6-7-20(21)43(19)25(45)47-5-2)23(24-38-40-42(39-24)9-8-22(44)46-3)15-10-17(27(32,33)34)12-18(11-15)28(35,36)37;1-3-16-11-38(18-10-13(22(25,26)27)5-6-17(18)39(16)21(40)41-4-2)19(20-34-36-37-35-20)12-7-14(23(28,29)30)9-15(8-12)24(31,32)33/h6-7,10-13,19,23H,4-5,8-9,14H2,1-3H3;5-10,16,19H,3-4,11H2,1-2H3,(H,34,35,36,37). The van der Waals surface area contributed by atoms with Crippen LogP contribution in [0.4, 0.5) is 111 Å². The van der Waals surface area contributed by atoms with Gasteiger partial charge in [-0.25, -0.2) is 9.59 Å². The normalized spacial score (nSPS) is 16.5. The summed E-state index contributed by atoms with van der Waals surface area (Å²) >= 11 is 0. The smallest absolute Gasteiger partial charge is 0.416 e. The Kier molecular flexibility index (Phi) is 19.5. The van der Waals surface area contributed by atoms with E-state index < -0.39 is 142 Å². The lowest BCUT2D eigenvalue weighted by atomic mass is 9.94. The van der Waals surface area contributed by atoms with E-state index in [2.05, 4.69) is 40.8 Å². The van der Waals surface area contributed by atoms with E-state index in [0.29, 0.717) is 48.5 Å². The SMILES string of the molecule is CCOC(=O)N1c2ccc(C(F)(F)F)cc2N(C(c2cc(C(F)(F)F)cc(C(F)(F)F)c2)c2nn[nH]n2)CC1CC.CCOC(=O)N1c2ccc(C(F)(F)F)cc2N(C(c2cc(C(F)(F)F)cc(C(F)(F)F)c2)c2nnn(CCC(=O)OC)n2)CC1CC. The Labute approximate surface area is 485 Å². The molecule has 4 aromatic carbocycles. The number of H-pyrrole nitrogens is 1. The van der Waals surface area contributed by atoms with E-state index in [1.54, 1.807) is 13.8 Å². The lowest BCUT2D eigenvalue weighted by Gasteiger charge is -2.45. The van der Waals surface area contributed by atoms with Gasteiger partial charge in [-0.05, 0) is 116 Å². The van der Waals surface area contributed by atoms with Crippen molar-refractivity contribution in [3.63, 3.8) is 0 Å². The predicted molar refractivity (Wildman–Crippen MR) is 270 cm³/mol. The average molecular weight is 1280 g/mol. The first-order valence-electron chi connectivity index (χ1n) is 26.0. The molecule has 2 aromatic heterocycles. The molecule has 0 fully saturated rings. The second kappa shape index (κ2) is 25.6. The van der Waals surface area contributed by atoms with Crippen LogP contribution in [0.5, 0.6) is 0 Å². The van der Waals surface area contributed by atoms with Gasteiger partial charge in [0.2, 0.25) is 11.6 Å². The Morgan fingerprint density at radius 3 is 1.24 bits per heavy atom.